The summed E-state index contributed by atoms with van der Waals surface area (Å²) >= 11 is 5.72. The zero-order chi connectivity index (χ0) is 11.4. The molecular formula is C10H17ClN4. The highest BCUT2D eigenvalue weighted by Crippen LogP contribution is 2.15. The standard InChI is InChI=1S/C10H17ClN4/c1-7(2)6-15(8(3)4)9-5-12-14-10(11)13-9/h5,7-8H,6H2,1-4H3. The predicted octanol–water partition coefficient (Wildman–Crippen LogP) is 2.40. The Bertz CT molecular complexity index is 314. The third kappa shape index (κ3) is 3.63. The Morgan fingerprint density at radius 2 is 2.00 bits per heavy atom. The van der Waals surface area contributed by atoms with Gasteiger partial charge in [-0.2, -0.15) is 10.1 Å². The minimum atomic E-state index is 0.196. The number of aromatic nitrogens is 3. The Morgan fingerprint density at radius 3 is 2.47 bits per heavy atom. The monoisotopic (exact) mass is 228 g/mol. The molecule has 0 amide bonds. The van der Waals surface area contributed by atoms with Crippen LogP contribution in [0.15, 0.2) is 6.20 Å². The van der Waals surface area contributed by atoms with Crippen molar-refractivity contribution in [2.24, 2.45) is 5.92 Å². The van der Waals surface area contributed by atoms with Crippen LogP contribution in [-0.2, 0) is 0 Å². The first kappa shape index (κ1) is 12.2. The van der Waals surface area contributed by atoms with Crippen LogP contribution in [0, 0.1) is 5.92 Å². The van der Waals surface area contributed by atoms with Crippen LogP contribution < -0.4 is 4.90 Å². The summed E-state index contributed by atoms with van der Waals surface area (Å²) in [5.74, 6) is 1.36. The summed E-state index contributed by atoms with van der Waals surface area (Å²) in [5.41, 5.74) is 0. The van der Waals surface area contributed by atoms with E-state index in [1.165, 1.54) is 0 Å². The van der Waals surface area contributed by atoms with E-state index < -0.39 is 0 Å². The highest BCUT2D eigenvalue weighted by Gasteiger charge is 2.14. The zero-order valence-corrected chi connectivity index (χ0v) is 10.4. The molecule has 5 heteroatoms. The molecular weight excluding hydrogens is 212 g/mol. The van der Waals surface area contributed by atoms with E-state index in [1.54, 1.807) is 6.20 Å². The van der Waals surface area contributed by atoms with Gasteiger partial charge in [-0.3, -0.25) is 0 Å². The quantitative estimate of drug-likeness (QED) is 0.794. The largest absolute Gasteiger partial charge is 0.353 e. The average Bonchev–Trinajstić information content (AvgIpc) is 2.13. The Kier molecular flexibility index (Phi) is 4.27. The number of anilines is 1. The van der Waals surface area contributed by atoms with Crippen LogP contribution in [0.3, 0.4) is 0 Å². The second-order valence-corrected chi connectivity index (χ2v) is 4.56. The summed E-state index contributed by atoms with van der Waals surface area (Å²) in [7, 11) is 0. The average molecular weight is 229 g/mol. The van der Waals surface area contributed by atoms with Gasteiger partial charge in [-0.15, -0.1) is 5.10 Å². The third-order valence-corrected chi connectivity index (χ3v) is 2.16. The van der Waals surface area contributed by atoms with Gasteiger partial charge >= 0.3 is 0 Å². The van der Waals surface area contributed by atoms with Crippen LogP contribution >= 0.6 is 11.6 Å². The molecule has 1 aromatic heterocycles. The third-order valence-electron chi connectivity index (χ3n) is 2.00. The van der Waals surface area contributed by atoms with Crippen LogP contribution in [0.4, 0.5) is 5.82 Å². The Balaban J connectivity index is 2.88. The summed E-state index contributed by atoms with van der Waals surface area (Å²) in [6, 6.07) is 0.375. The van der Waals surface area contributed by atoms with E-state index in [0.29, 0.717) is 12.0 Å². The lowest BCUT2D eigenvalue weighted by atomic mass is 10.2. The maximum Gasteiger partial charge on any atom is 0.244 e. The molecule has 0 fully saturated rings. The van der Waals surface area contributed by atoms with Crippen molar-refractivity contribution in [3.63, 3.8) is 0 Å². The van der Waals surface area contributed by atoms with E-state index in [0.717, 1.165) is 12.4 Å². The van der Waals surface area contributed by atoms with Crippen LogP contribution in [-0.4, -0.2) is 27.8 Å². The molecule has 0 aliphatic heterocycles. The van der Waals surface area contributed by atoms with Gasteiger partial charge in [-0.25, -0.2) is 0 Å². The minimum Gasteiger partial charge on any atom is -0.353 e. The fourth-order valence-electron chi connectivity index (χ4n) is 1.37. The van der Waals surface area contributed by atoms with Crippen molar-refractivity contribution in [2.45, 2.75) is 33.7 Å². The fourth-order valence-corrected chi connectivity index (χ4v) is 1.50. The first-order chi connectivity index (χ1) is 7.00. The van der Waals surface area contributed by atoms with Crippen molar-refractivity contribution in [2.75, 3.05) is 11.4 Å². The van der Waals surface area contributed by atoms with Crippen LogP contribution in [0.2, 0.25) is 5.28 Å². The SMILES string of the molecule is CC(C)CN(c1cnnc(Cl)n1)C(C)C. The molecule has 0 aliphatic carbocycles. The van der Waals surface area contributed by atoms with Gasteiger partial charge in [0.1, 0.15) is 0 Å². The number of hydrogen-bond acceptors (Lipinski definition) is 4. The van der Waals surface area contributed by atoms with Crippen molar-refractivity contribution < 1.29 is 0 Å². The second-order valence-electron chi connectivity index (χ2n) is 4.22. The number of halogens is 1. The van der Waals surface area contributed by atoms with Gasteiger partial charge in [0.25, 0.3) is 0 Å². The minimum absolute atomic E-state index is 0.196. The molecule has 0 saturated carbocycles. The molecule has 4 nitrogen and oxygen atoms in total. The second kappa shape index (κ2) is 5.26. The van der Waals surface area contributed by atoms with Gasteiger partial charge in [0.15, 0.2) is 5.82 Å². The van der Waals surface area contributed by atoms with Crippen LogP contribution in [0.1, 0.15) is 27.7 Å². The normalized spacial score (nSPS) is 11.1. The van der Waals surface area contributed by atoms with Crippen LogP contribution in [0.25, 0.3) is 0 Å². The Hall–Kier alpha value is -0.900. The van der Waals surface area contributed by atoms with Crippen molar-refractivity contribution in [3.05, 3.63) is 11.5 Å². The molecule has 0 radical (unpaired) electrons. The van der Waals surface area contributed by atoms with Crippen molar-refractivity contribution in [3.8, 4) is 0 Å². The van der Waals surface area contributed by atoms with Gasteiger partial charge < -0.3 is 4.90 Å². The summed E-state index contributed by atoms with van der Waals surface area (Å²) in [6.45, 7) is 9.53. The lowest BCUT2D eigenvalue weighted by molar-refractivity contribution is 0.564. The first-order valence-corrected chi connectivity index (χ1v) is 5.50. The molecule has 0 unspecified atom stereocenters. The van der Waals surface area contributed by atoms with Crippen molar-refractivity contribution in [1.82, 2.24) is 15.2 Å². The zero-order valence-electron chi connectivity index (χ0n) is 9.61. The maximum absolute atomic E-state index is 5.72. The first-order valence-electron chi connectivity index (χ1n) is 5.12. The molecule has 0 aromatic carbocycles. The molecule has 0 N–H and O–H groups in total. The predicted molar refractivity (Wildman–Crippen MR) is 62.2 cm³/mol. The van der Waals surface area contributed by atoms with Gasteiger partial charge in [0, 0.05) is 12.6 Å². The number of nitrogens with zero attached hydrogens (tertiary/aromatic N) is 4. The number of rotatable bonds is 4. The summed E-state index contributed by atoms with van der Waals surface area (Å²) in [6.07, 6.45) is 1.65. The lowest BCUT2D eigenvalue weighted by Gasteiger charge is -2.28. The molecule has 0 atom stereocenters. The molecule has 1 rings (SSSR count). The van der Waals surface area contributed by atoms with Gasteiger partial charge in [-0.1, -0.05) is 13.8 Å². The van der Waals surface area contributed by atoms with Crippen molar-refractivity contribution in [1.29, 1.82) is 0 Å². The van der Waals surface area contributed by atoms with E-state index in [4.69, 9.17) is 11.6 Å². The molecule has 15 heavy (non-hydrogen) atoms. The van der Waals surface area contributed by atoms with E-state index in [-0.39, 0.29) is 5.28 Å². The van der Waals surface area contributed by atoms with Gasteiger partial charge in [0.05, 0.1) is 6.20 Å². The highest BCUT2D eigenvalue weighted by atomic mass is 35.5. The topological polar surface area (TPSA) is 41.9 Å². The fraction of sp³-hybridized carbons (Fsp3) is 0.700. The van der Waals surface area contributed by atoms with Gasteiger partial charge in [-0.05, 0) is 31.4 Å². The molecule has 1 heterocycles. The van der Waals surface area contributed by atoms with E-state index >= 15 is 0 Å². The van der Waals surface area contributed by atoms with E-state index in [2.05, 4.69) is 47.8 Å². The Labute approximate surface area is 95.7 Å². The van der Waals surface area contributed by atoms with E-state index in [1.807, 2.05) is 0 Å². The van der Waals surface area contributed by atoms with E-state index in [9.17, 15) is 0 Å². The Morgan fingerprint density at radius 1 is 1.33 bits per heavy atom. The molecule has 0 saturated heterocycles. The molecule has 1 aromatic rings. The highest BCUT2D eigenvalue weighted by molar-refractivity contribution is 6.28. The summed E-state index contributed by atoms with van der Waals surface area (Å²) in [5, 5.41) is 7.64. The molecule has 0 bridgehead atoms. The molecule has 84 valence electrons. The lowest BCUT2D eigenvalue weighted by Crippen LogP contribution is -2.35. The number of hydrogen-bond donors (Lipinski definition) is 0. The maximum atomic E-state index is 5.72. The smallest absolute Gasteiger partial charge is 0.244 e. The molecule has 0 spiro atoms. The van der Waals surface area contributed by atoms with Gasteiger partial charge in [0.2, 0.25) is 5.28 Å². The molecule has 0 aliphatic rings. The summed E-state index contributed by atoms with van der Waals surface area (Å²) in [4.78, 5) is 6.34. The van der Waals surface area contributed by atoms with Crippen LogP contribution in [0.5, 0.6) is 0 Å². The summed E-state index contributed by atoms with van der Waals surface area (Å²) < 4.78 is 0. The van der Waals surface area contributed by atoms with Crippen molar-refractivity contribution >= 4 is 17.4 Å².